The van der Waals surface area contributed by atoms with Gasteiger partial charge < -0.3 is 5.32 Å². The molecule has 2 aromatic carbocycles. The van der Waals surface area contributed by atoms with Gasteiger partial charge in [-0.25, -0.2) is 8.42 Å². The molecule has 1 saturated heterocycles. The number of rotatable bonds is 4. The number of anilines is 1. The number of halogens is 1. The maximum atomic E-state index is 12.7. The van der Waals surface area contributed by atoms with Gasteiger partial charge in [-0.15, -0.1) is 0 Å². The Kier molecular flexibility index (Phi) is 5.99. The van der Waals surface area contributed by atoms with E-state index in [0.717, 1.165) is 34.1 Å². The Morgan fingerprint density at radius 3 is 2.31 bits per heavy atom. The number of hydrogen-bond acceptors (Lipinski definition) is 3. The number of benzene rings is 2. The summed E-state index contributed by atoms with van der Waals surface area (Å²) < 4.78 is 27.9. The van der Waals surface area contributed by atoms with Crippen LogP contribution in [0.5, 0.6) is 0 Å². The minimum absolute atomic E-state index is 0.237. The summed E-state index contributed by atoms with van der Waals surface area (Å²) in [6, 6.07) is 11.9. The molecule has 1 N–H and O–H groups in total. The number of nitrogens with one attached hydrogen (secondary N) is 1. The molecule has 1 aliphatic heterocycles. The Morgan fingerprint density at radius 1 is 1.04 bits per heavy atom. The van der Waals surface area contributed by atoms with Gasteiger partial charge in [0.15, 0.2) is 0 Å². The van der Waals surface area contributed by atoms with Crippen molar-refractivity contribution in [3.8, 4) is 0 Å². The first-order chi connectivity index (χ1) is 12.4. The Bertz CT molecular complexity index is 905. The lowest BCUT2D eigenvalue weighted by atomic mass is 10.2. The summed E-state index contributed by atoms with van der Waals surface area (Å²) in [5, 5.41) is 2.84. The van der Waals surface area contributed by atoms with Crippen molar-refractivity contribution < 1.29 is 13.2 Å². The normalized spacial score (nSPS) is 15.6. The first-order valence-electron chi connectivity index (χ1n) is 8.55. The smallest absolute Gasteiger partial charge is 0.255 e. The van der Waals surface area contributed by atoms with E-state index in [-0.39, 0.29) is 10.8 Å². The average molecular weight is 484 g/mol. The molecule has 1 amide bonds. The van der Waals surface area contributed by atoms with Gasteiger partial charge >= 0.3 is 0 Å². The van der Waals surface area contributed by atoms with E-state index < -0.39 is 10.0 Å². The molecule has 1 aliphatic rings. The number of amides is 1. The monoisotopic (exact) mass is 484 g/mol. The fourth-order valence-electron chi connectivity index (χ4n) is 2.91. The van der Waals surface area contributed by atoms with Crippen molar-refractivity contribution in [3.05, 3.63) is 57.2 Å². The van der Waals surface area contributed by atoms with Crippen molar-refractivity contribution in [1.82, 2.24) is 4.31 Å². The van der Waals surface area contributed by atoms with Crippen LogP contribution in [0.1, 0.15) is 35.2 Å². The van der Waals surface area contributed by atoms with Crippen LogP contribution >= 0.6 is 22.6 Å². The van der Waals surface area contributed by atoms with E-state index in [1.165, 1.54) is 16.4 Å². The zero-order chi connectivity index (χ0) is 18.7. The first kappa shape index (κ1) is 19.3. The van der Waals surface area contributed by atoms with E-state index in [9.17, 15) is 13.2 Å². The Labute approximate surface area is 168 Å². The Hall–Kier alpha value is -1.45. The molecule has 5 nitrogen and oxygen atoms in total. The summed E-state index contributed by atoms with van der Waals surface area (Å²) in [7, 11) is -3.47. The Morgan fingerprint density at radius 2 is 1.69 bits per heavy atom. The lowest BCUT2D eigenvalue weighted by molar-refractivity contribution is 0.102. The molecule has 0 aliphatic carbocycles. The highest BCUT2D eigenvalue weighted by Gasteiger charge is 2.25. The van der Waals surface area contributed by atoms with E-state index in [1.807, 2.05) is 25.1 Å². The number of piperidine rings is 1. The van der Waals surface area contributed by atoms with E-state index >= 15 is 0 Å². The van der Waals surface area contributed by atoms with Crippen molar-refractivity contribution in [3.63, 3.8) is 0 Å². The van der Waals surface area contributed by atoms with Crippen molar-refractivity contribution in [2.45, 2.75) is 31.1 Å². The standard InChI is InChI=1S/C19H21IN2O3S/c1-14-5-8-16(13-18(14)20)21-19(23)15-6-9-17(10-7-15)26(24,25)22-11-3-2-4-12-22/h5-10,13H,2-4,11-12H2,1H3,(H,21,23). The molecule has 1 fully saturated rings. The third-order valence-corrected chi connectivity index (χ3v) is 7.57. The predicted molar refractivity (Wildman–Crippen MR) is 111 cm³/mol. The second-order valence-electron chi connectivity index (χ2n) is 6.41. The SMILES string of the molecule is Cc1ccc(NC(=O)c2ccc(S(=O)(=O)N3CCCCC3)cc2)cc1I. The second kappa shape index (κ2) is 8.06. The quantitative estimate of drug-likeness (QED) is 0.667. The lowest BCUT2D eigenvalue weighted by Gasteiger charge is -2.25. The van der Waals surface area contributed by atoms with E-state index in [1.54, 1.807) is 12.1 Å². The van der Waals surface area contributed by atoms with Gasteiger partial charge in [0.2, 0.25) is 10.0 Å². The summed E-state index contributed by atoms with van der Waals surface area (Å²) in [6.07, 6.45) is 2.87. The third kappa shape index (κ3) is 4.27. The number of carbonyl (C=O) groups is 1. The van der Waals surface area contributed by atoms with Crippen LogP contribution in [0.15, 0.2) is 47.4 Å². The van der Waals surface area contributed by atoms with Gasteiger partial charge in [0, 0.05) is 27.9 Å². The van der Waals surface area contributed by atoms with Crippen LogP contribution in [0, 0.1) is 10.5 Å². The molecule has 3 rings (SSSR count). The van der Waals surface area contributed by atoms with Gasteiger partial charge in [-0.05, 0) is 84.3 Å². The fraction of sp³-hybridized carbons (Fsp3) is 0.316. The van der Waals surface area contributed by atoms with E-state index in [2.05, 4.69) is 27.9 Å². The number of nitrogens with zero attached hydrogens (tertiary/aromatic N) is 1. The van der Waals surface area contributed by atoms with Gasteiger partial charge in [0.25, 0.3) is 5.91 Å². The minimum Gasteiger partial charge on any atom is -0.322 e. The van der Waals surface area contributed by atoms with Crippen molar-refractivity contribution >= 4 is 44.2 Å². The maximum Gasteiger partial charge on any atom is 0.255 e. The zero-order valence-electron chi connectivity index (χ0n) is 14.5. The van der Waals surface area contributed by atoms with Crippen LogP contribution in [0.2, 0.25) is 0 Å². The fourth-order valence-corrected chi connectivity index (χ4v) is 4.94. The van der Waals surface area contributed by atoms with Gasteiger partial charge in [-0.3, -0.25) is 4.79 Å². The molecule has 0 spiro atoms. The van der Waals surface area contributed by atoms with Crippen LogP contribution in [0.3, 0.4) is 0 Å². The molecule has 26 heavy (non-hydrogen) atoms. The highest BCUT2D eigenvalue weighted by atomic mass is 127. The zero-order valence-corrected chi connectivity index (χ0v) is 17.5. The van der Waals surface area contributed by atoms with Gasteiger partial charge in [0.05, 0.1) is 4.90 Å². The maximum absolute atomic E-state index is 12.7. The highest BCUT2D eigenvalue weighted by molar-refractivity contribution is 14.1. The lowest BCUT2D eigenvalue weighted by Crippen LogP contribution is -2.35. The van der Waals surface area contributed by atoms with Crippen molar-refractivity contribution in [2.24, 2.45) is 0 Å². The molecule has 138 valence electrons. The molecule has 0 atom stereocenters. The molecular formula is C19H21IN2O3S. The molecule has 0 aromatic heterocycles. The van der Waals surface area contributed by atoms with Gasteiger partial charge in [-0.1, -0.05) is 12.5 Å². The summed E-state index contributed by atoms with van der Waals surface area (Å²) in [5.41, 5.74) is 2.30. The Balaban J connectivity index is 1.74. The van der Waals surface area contributed by atoms with Crippen molar-refractivity contribution in [2.75, 3.05) is 18.4 Å². The largest absolute Gasteiger partial charge is 0.322 e. The topological polar surface area (TPSA) is 66.5 Å². The number of carbonyl (C=O) groups excluding carboxylic acids is 1. The average Bonchev–Trinajstić information content (AvgIpc) is 2.65. The summed E-state index contributed by atoms with van der Waals surface area (Å²) in [6.45, 7) is 3.14. The molecular weight excluding hydrogens is 463 g/mol. The first-order valence-corrected chi connectivity index (χ1v) is 11.1. The van der Waals surface area contributed by atoms with Crippen LogP contribution in [-0.4, -0.2) is 31.7 Å². The molecule has 7 heteroatoms. The molecule has 0 unspecified atom stereocenters. The van der Waals surface area contributed by atoms with Crippen LogP contribution in [-0.2, 0) is 10.0 Å². The highest BCUT2D eigenvalue weighted by Crippen LogP contribution is 2.22. The molecule has 2 aromatic rings. The van der Waals surface area contributed by atoms with Crippen LogP contribution < -0.4 is 5.32 Å². The summed E-state index contributed by atoms with van der Waals surface area (Å²) >= 11 is 2.22. The van der Waals surface area contributed by atoms with E-state index in [0.29, 0.717) is 18.7 Å². The molecule has 0 saturated carbocycles. The second-order valence-corrected chi connectivity index (χ2v) is 9.51. The minimum atomic E-state index is -3.47. The summed E-state index contributed by atoms with van der Waals surface area (Å²) in [4.78, 5) is 12.6. The van der Waals surface area contributed by atoms with Gasteiger partial charge in [0.1, 0.15) is 0 Å². The van der Waals surface area contributed by atoms with Gasteiger partial charge in [-0.2, -0.15) is 4.31 Å². The molecule has 0 radical (unpaired) electrons. The number of sulfonamides is 1. The molecule has 0 bridgehead atoms. The van der Waals surface area contributed by atoms with E-state index in [4.69, 9.17) is 0 Å². The van der Waals surface area contributed by atoms with Crippen molar-refractivity contribution in [1.29, 1.82) is 0 Å². The number of hydrogen-bond donors (Lipinski definition) is 1. The summed E-state index contributed by atoms with van der Waals surface area (Å²) in [5.74, 6) is -0.258. The third-order valence-electron chi connectivity index (χ3n) is 4.50. The van der Waals surface area contributed by atoms with Crippen LogP contribution in [0.25, 0.3) is 0 Å². The predicted octanol–water partition coefficient (Wildman–Crippen LogP) is 4.03. The number of aryl methyl sites for hydroxylation is 1. The molecule has 1 heterocycles. The van der Waals surface area contributed by atoms with Crippen LogP contribution in [0.4, 0.5) is 5.69 Å².